The minimum Gasteiger partial charge on any atom is -0.330 e. The topological polar surface area (TPSA) is 69.2 Å². The normalized spacial score (nSPS) is 20.1. The number of nitrogens with zero attached hydrogens (tertiary/aromatic N) is 1. The van der Waals surface area contributed by atoms with Gasteiger partial charge in [0.1, 0.15) is 0 Å². The summed E-state index contributed by atoms with van der Waals surface area (Å²) in [6.07, 6.45) is 6.36. The van der Waals surface area contributed by atoms with Gasteiger partial charge in [-0.2, -0.15) is 0 Å². The first-order valence-corrected chi connectivity index (χ1v) is 7.80. The van der Waals surface area contributed by atoms with Crippen molar-refractivity contribution in [2.45, 2.75) is 52.4 Å². The van der Waals surface area contributed by atoms with E-state index in [0.717, 1.165) is 31.2 Å². The van der Waals surface area contributed by atoms with Crippen molar-refractivity contribution < 1.29 is 4.92 Å². The van der Waals surface area contributed by atoms with Gasteiger partial charge >= 0.3 is 0 Å². The van der Waals surface area contributed by atoms with E-state index in [2.05, 4.69) is 13.8 Å². The molecule has 2 rings (SSSR count). The molecule has 0 aromatic heterocycles. The molecule has 0 spiro atoms. The van der Waals surface area contributed by atoms with Gasteiger partial charge in [-0.3, -0.25) is 10.1 Å². The van der Waals surface area contributed by atoms with Crippen LogP contribution in [0.25, 0.3) is 0 Å². The van der Waals surface area contributed by atoms with Gasteiger partial charge in [-0.15, -0.1) is 0 Å². The first-order valence-electron chi connectivity index (χ1n) is 7.80. The lowest BCUT2D eigenvalue weighted by Gasteiger charge is -2.43. The Hall–Kier alpha value is -1.42. The fourth-order valence-corrected chi connectivity index (χ4v) is 3.31. The molecule has 1 aromatic carbocycles. The second-order valence-electron chi connectivity index (χ2n) is 7.25. The van der Waals surface area contributed by atoms with E-state index in [-0.39, 0.29) is 16.0 Å². The second-order valence-corrected chi connectivity index (χ2v) is 7.25. The Kier molecular flexibility index (Phi) is 4.67. The van der Waals surface area contributed by atoms with E-state index in [1.165, 1.54) is 12.8 Å². The Bertz CT molecular complexity index is 501. The number of nitrogens with two attached hydrogens (primary N) is 1. The molecule has 2 N–H and O–H groups in total. The van der Waals surface area contributed by atoms with Crippen molar-refractivity contribution in [2.75, 3.05) is 6.54 Å². The number of hydrogen-bond donors (Lipinski definition) is 1. The highest BCUT2D eigenvalue weighted by molar-refractivity contribution is 5.39. The molecule has 0 unspecified atom stereocenters. The van der Waals surface area contributed by atoms with E-state index in [1.807, 2.05) is 12.1 Å². The predicted molar refractivity (Wildman–Crippen MR) is 85.2 cm³/mol. The van der Waals surface area contributed by atoms with Crippen LogP contribution in [0.3, 0.4) is 0 Å². The Balaban J connectivity index is 2.06. The number of benzene rings is 1. The average Bonchev–Trinajstić information content (AvgIpc) is 2.47. The van der Waals surface area contributed by atoms with Crippen molar-refractivity contribution >= 4 is 5.69 Å². The zero-order valence-corrected chi connectivity index (χ0v) is 13.1. The smallest absolute Gasteiger partial charge is 0.272 e. The lowest BCUT2D eigenvalue weighted by Crippen LogP contribution is -2.37. The summed E-state index contributed by atoms with van der Waals surface area (Å²) in [5.41, 5.74) is 7.71. The summed E-state index contributed by atoms with van der Waals surface area (Å²) in [5.74, 6) is 0. The third kappa shape index (κ3) is 3.82. The van der Waals surface area contributed by atoms with Crippen molar-refractivity contribution in [3.63, 3.8) is 0 Å². The van der Waals surface area contributed by atoms with Crippen LogP contribution in [0.15, 0.2) is 24.3 Å². The van der Waals surface area contributed by atoms with Gasteiger partial charge in [0.15, 0.2) is 0 Å². The highest BCUT2D eigenvalue weighted by Gasteiger charge is 2.37. The average molecular weight is 290 g/mol. The lowest BCUT2D eigenvalue weighted by atomic mass is 9.63. The maximum Gasteiger partial charge on any atom is 0.272 e. The standard InChI is InChI=1S/C17H26N2O2/c1-16(2)9-11-17(13-18,12-10-16)8-7-14-5-3-4-6-15(14)19(20)21/h3-6H,7-13,18H2,1-2H3. The minimum atomic E-state index is -0.283. The molecule has 1 aromatic rings. The molecule has 1 aliphatic rings. The van der Waals surface area contributed by atoms with E-state index in [1.54, 1.807) is 12.1 Å². The van der Waals surface area contributed by atoms with Gasteiger partial charge in [0.05, 0.1) is 4.92 Å². The summed E-state index contributed by atoms with van der Waals surface area (Å²) in [4.78, 5) is 10.8. The summed E-state index contributed by atoms with van der Waals surface area (Å²) in [5, 5.41) is 11.1. The van der Waals surface area contributed by atoms with Gasteiger partial charge in [0, 0.05) is 11.6 Å². The number of nitro groups is 1. The van der Waals surface area contributed by atoms with E-state index in [0.29, 0.717) is 12.0 Å². The van der Waals surface area contributed by atoms with Crippen molar-refractivity contribution in [1.82, 2.24) is 0 Å². The van der Waals surface area contributed by atoms with Crippen molar-refractivity contribution in [3.05, 3.63) is 39.9 Å². The molecule has 1 saturated carbocycles. The molecule has 0 atom stereocenters. The van der Waals surface area contributed by atoms with Gasteiger partial charge < -0.3 is 5.73 Å². The van der Waals surface area contributed by atoms with Gasteiger partial charge in [-0.1, -0.05) is 32.0 Å². The molecule has 4 heteroatoms. The van der Waals surface area contributed by atoms with Crippen LogP contribution in [0.2, 0.25) is 0 Å². The summed E-state index contributed by atoms with van der Waals surface area (Å²) in [6, 6.07) is 7.06. The molecule has 0 amide bonds. The molecular weight excluding hydrogens is 264 g/mol. The van der Waals surface area contributed by atoms with Crippen LogP contribution in [-0.4, -0.2) is 11.5 Å². The third-order valence-corrected chi connectivity index (χ3v) is 5.21. The Morgan fingerprint density at radius 3 is 2.38 bits per heavy atom. The summed E-state index contributed by atoms with van der Waals surface area (Å²) in [7, 11) is 0. The highest BCUT2D eigenvalue weighted by Crippen LogP contribution is 2.47. The molecule has 0 heterocycles. The fraction of sp³-hybridized carbons (Fsp3) is 0.647. The van der Waals surface area contributed by atoms with Crippen molar-refractivity contribution in [1.29, 1.82) is 0 Å². The largest absolute Gasteiger partial charge is 0.330 e. The number of nitro benzene ring substituents is 1. The van der Waals surface area contributed by atoms with Crippen LogP contribution in [0.1, 0.15) is 51.5 Å². The summed E-state index contributed by atoms with van der Waals surface area (Å²) >= 11 is 0. The Morgan fingerprint density at radius 1 is 1.19 bits per heavy atom. The molecular formula is C17H26N2O2. The molecule has 1 aliphatic carbocycles. The van der Waals surface area contributed by atoms with E-state index < -0.39 is 0 Å². The predicted octanol–water partition coefficient (Wildman–Crippen LogP) is 4.07. The molecule has 4 nitrogen and oxygen atoms in total. The quantitative estimate of drug-likeness (QED) is 0.656. The van der Waals surface area contributed by atoms with Crippen molar-refractivity contribution in [3.8, 4) is 0 Å². The first-order chi connectivity index (χ1) is 9.87. The van der Waals surface area contributed by atoms with E-state index in [9.17, 15) is 10.1 Å². The van der Waals surface area contributed by atoms with Crippen LogP contribution < -0.4 is 5.73 Å². The maximum absolute atomic E-state index is 11.1. The first kappa shape index (κ1) is 16.0. The molecule has 0 aliphatic heterocycles. The van der Waals surface area contributed by atoms with Crippen LogP contribution in [0.4, 0.5) is 5.69 Å². The Labute approximate surface area is 126 Å². The second kappa shape index (κ2) is 6.14. The number of rotatable bonds is 5. The maximum atomic E-state index is 11.1. The van der Waals surface area contributed by atoms with Crippen molar-refractivity contribution in [2.24, 2.45) is 16.6 Å². The van der Waals surface area contributed by atoms with Crippen LogP contribution in [-0.2, 0) is 6.42 Å². The zero-order chi connectivity index (χ0) is 15.5. The lowest BCUT2D eigenvalue weighted by molar-refractivity contribution is -0.385. The summed E-state index contributed by atoms with van der Waals surface area (Å²) < 4.78 is 0. The molecule has 0 saturated heterocycles. The minimum absolute atomic E-state index is 0.166. The fourth-order valence-electron chi connectivity index (χ4n) is 3.31. The number of hydrogen-bond acceptors (Lipinski definition) is 3. The molecule has 21 heavy (non-hydrogen) atoms. The van der Waals surface area contributed by atoms with Gasteiger partial charge in [-0.05, 0) is 55.9 Å². The summed E-state index contributed by atoms with van der Waals surface area (Å²) in [6.45, 7) is 5.31. The molecule has 116 valence electrons. The van der Waals surface area contributed by atoms with Gasteiger partial charge in [-0.25, -0.2) is 0 Å². The number of aryl methyl sites for hydroxylation is 1. The van der Waals surface area contributed by atoms with Gasteiger partial charge in [0.2, 0.25) is 0 Å². The van der Waals surface area contributed by atoms with Crippen LogP contribution in [0, 0.1) is 20.9 Å². The van der Waals surface area contributed by atoms with Crippen LogP contribution in [0.5, 0.6) is 0 Å². The SMILES string of the molecule is CC1(C)CCC(CN)(CCc2ccccc2[N+](=O)[O-])CC1. The molecule has 1 fully saturated rings. The Morgan fingerprint density at radius 2 is 1.81 bits per heavy atom. The monoisotopic (exact) mass is 290 g/mol. The number of para-hydroxylation sites is 1. The molecule has 0 radical (unpaired) electrons. The van der Waals surface area contributed by atoms with E-state index >= 15 is 0 Å². The highest BCUT2D eigenvalue weighted by atomic mass is 16.6. The third-order valence-electron chi connectivity index (χ3n) is 5.21. The van der Waals surface area contributed by atoms with Gasteiger partial charge in [0.25, 0.3) is 5.69 Å². The molecule has 0 bridgehead atoms. The van der Waals surface area contributed by atoms with E-state index in [4.69, 9.17) is 5.73 Å². The van der Waals surface area contributed by atoms with Crippen LogP contribution >= 0.6 is 0 Å². The zero-order valence-electron chi connectivity index (χ0n) is 13.1.